The van der Waals surface area contributed by atoms with Crippen LogP contribution in [-0.2, 0) is 58.7 Å². The summed E-state index contributed by atoms with van der Waals surface area (Å²) in [5.74, 6) is -6.53. The molecule has 1 aliphatic rings. The molecule has 0 spiro atoms. The zero-order valence-electron chi connectivity index (χ0n) is 56.8. The summed E-state index contributed by atoms with van der Waals surface area (Å²) in [5.41, 5.74) is 11.7. The second-order valence-electron chi connectivity index (χ2n) is 23.0. The molecule has 35 nitrogen and oxygen atoms in total. The number of Topliss-reactive ketones (excluding diaryl/α,β-unsaturated/α-hetero) is 1. The van der Waals surface area contributed by atoms with Crippen LogP contribution in [-0.4, -0.2) is 232 Å². The summed E-state index contributed by atoms with van der Waals surface area (Å²) in [7, 11) is -1.57. The zero-order valence-corrected chi connectivity index (χ0v) is 59.6. The number of aliphatic hydroxyl groups is 6. The minimum atomic E-state index is -1.57. The third kappa shape index (κ3) is 30.4. The topological polar surface area (TPSA) is 576 Å². The maximum Gasteiger partial charge on any atom is 0.282 e. The van der Waals surface area contributed by atoms with E-state index in [1.54, 1.807) is 73.3 Å². The third-order valence-electron chi connectivity index (χ3n) is 15.1. The van der Waals surface area contributed by atoms with Crippen molar-refractivity contribution in [1.29, 1.82) is 0 Å². The van der Waals surface area contributed by atoms with E-state index in [9.17, 15) is 57.8 Å². The third-order valence-corrected chi connectivity index (χ3v) is 18.0. The number of nitrogens with one attached hydrogen (secondary N) is 9. The van der Waals surface area contributed by atoms with Gasteiger partial charge in [-0.1, -0.05) is 17.7 Å². The number of pyridine rings is 1. The number of guanidine groups is 1. The number of phenolic OH excluding ortho intramolecular Hbond substituents is 1. The number of unbranched alkanes of at least 4 members (excludes halogenated alkanes) is 1. The molecule has 5 aromatic rings. The fourth-order valence-electron chi connectivity index (χ4n) is 9.58. The van der Waals surface area contributed by atoms with Crippen LogP contribution in [0.1, 0.15) is 92.4 Å². The number of rotatable bonds is 33. The van der Waals surface area contributed by atoms with Crippen molar-refractivity contribution >= 4 is 101 Å². The second kappa shape index (κ2) is 46.4. The van der Waals surface area contributed by atoms with Gasteiger partial charge in [0.05, 0.1) is 34.3 Å². The van der Waals surface area contributed by atoms with E-state index in [1.165, 1.54) is 31.3 Å². The molecule has 1 saturated heterocycles. The number of nitrogens with two attached hydrogens (primary N) is 2. The Bertz CT molecular complexity index is 3580. The average molecular weight is 1550 g/mol. The normalized spacial score (nSPS) is 15.4. The van der Waals surface area contributed by atoms with Gasteiger partial charge in [-0.05, 0) is 117 Å². The van der Waals surface area contributed by atoms with Crippen LogP contribution in [0.15, 0.2) is 125 Å². The van der Waals surface area contributed by atoms with Crippen molar-refractivity contribution in [3.05, 3.63) is 149 Å². The molecule has 0 aliphatic carbocycles. The number of carboxylic acid groups (broad SMARTS) is 1. The first-order chi connectivity index (χ1) is 49.8. The van der Waals surface area contributed by atoms with Crippen LogP contribution >= 0.6 is 7.92 Å². The Kier molecular flexibility index (Phi) is 38.5. The SMILES string of the molecule is CC(=O)C[C@@H]1NC(=O)CNC(=O)[C@H](CCCN=C(N)N)NC(=O)[C@H](CCCCNC(=O)c2ccc(N=[N+]=[Tc])nc2)NC(=O)[C@@H](Cc2ccc(O)cc2)NC1=O.O=C(NCCO)c1ccc([PH+](c2ccc(C(=O)NCCO)cc2)c2ccc(C(=O)NCCO)cc2)cc1.O=C(O)C[N-]C(CO)(CO)CO. The fraction of sp³-hybridized carbons (Fsp3) is 0.388. The zero-order chi connectivity index (χ0) is 76.6. The van der Waals surface area contributed by atoms with Crippen LogP contribution in [0, 0.1) is 0 Å². The molecule has 0 saturated carbocycles. The maximum atomic E-state index is 13.9. The van der Waals surface area contributed by atoms with Gasteiger partial charge in [-0.25, -0.2) is 0 Å². The molecule has 0 bridgehead atoms. The number of aromatic hydroxyl groups is 1. The molecular formula is C67H88N16O19PTc+. The largest absolute Gasteiger partial charge is 0.642 e. The molecule has 104 heavy (non-hydrogen) atoms. The number of nitrogens with zero attached hydrogens (tertiary/aromatic N) is 5. The van der Waals surface area contributed by atoms with E-state index in [1.807, 2.05) is 36.4 Å². The molecule has 1 fully saturated rings. The Labute approximate surface area is 609 Å². The van der Waals surface area contributed by atoms with Crippen molar-refractivity contribution in [3.63, 3.8) is 0 Å². The summed E-state index contributed by atoms with van der Waals surface area (Å²) in [4.78, 5) is 147. The molecule has 37 heteroatoms. The predicted octanol–water partition coefficient (Wildman–Crippen LogP) is -4.58. The van der Waals surface area contributed by atoms with Gasteiger partial charge in [0.15, 0.2) is 5.96 Å². The number of hydrogen-bond acceptors (Lipinski definition) is 21. The van der Waals surface area contributed by atoms with Gasteiger partial charge in [-0.3, -0.25) is 52.9 Å². The number of phenols is 1. The first-order valence-corrected chi connectivity index (χ1v) is 34.8. The number of carbonyl (C=O) groups excluding carboxylic acids is 10. The van der Waals surface area contributed by atoms with Crippen molar-refractivity contribution in [2.75, 3.05) is 85.5 Å². The number of carboxylic acids is 1. The van der Waals surface area contributed by atoms with Crippen molar-refractivity contribution < 1.29 is 112 Å². The van der Waals surface area contributed by atoms with Gasteiger partial charge in [0, 0.05) is 75.5 Å². The van der Waals surface area contributed by atoms with Gasteiger partial charge in [0.25, 0.3) is 23.7 Å². The summed E-state index contributed by atoms with van der Waals surface area (Å²) in [5, 5.41) is 105. The van der Waals surface area contributed by atoms with Gasteiger partial charge in [0.1, 0.15) is 51.6 Å². The molecule has 561 valence electrons. The number of amides is 9. The first-order valence-electron chi connectivity index (χ1n) is 32.5. The van der Waals surface area contributed by atoms with Crippen molar-refractivity contribution in [2.24, 2.45) is 21.6 Å². The summed E-state index contributed by atoms with van der Waals surface area (Å²) in [6.45, 7) is -1.18. The van der Waals surface area contributed by atoms with Crippen LogP contribution in [0.4, 0.5) is 5.82 Å². The van der Waals surface area contributed by atoms with E-state index in [2.05, 4.69) is 71.7 Å². The van der Waals surface area contributed by atoms with E-state index >= 15 is 0 Å². The summed E-state index contributed by atoms with van der Waals surface area (Å²) in [6.07, 6.45) is 1.93. The Hall–Kier alpha value is -10.2. The van der Waals surface area contributed by atoms with Crippen LogP contribution in [0.3, 0.4) is 0 Å². The maximum absolute atomic E-state index is 13.9. The predicted molar refractivity (Wildman–Crippen MR) is 377 cm³/mol. The average Bonchev–Trinajstić information content (AvgIpc) is 0.809. The summed E-state index contributed by atoms with van der Waals surface area (Å²) in [6, 6.07) is 25.7. The minimum Gasteiger partial charge on any atom is -0.642 e. The molecule has 4 atom stereocenters. The molecular weight excluding hydrogens is 1460 g/mol. The molecule has 2 heterocycles. The molecule has 4 aromatic carbocycles. The molecule has 0 unspecified atom stereocenters. The number of aliphatic imine (C=N–C) groups is 1. The van der Waals surface area contributed by atoms with Gasteiger partial charge in [-0.15, -0.1) is 0 Å². The van der Waals surface area contributed by atoms with Crippen molar-refractivity contribution in [2.45, 2.75) is 81.6 Å². The number of carbonyl (C=O) groups is 11. The quantitative estimate of drug-likeness (QED) is 0.00469. The number of aromatic nitrogens is 1. The Balaban J connectivity index is 0.000000399. The van der Waals surface area contributed by atoms with Crippen LogP contribution < -0.4 is 78.6 Å². The van der Waals surface area contributed by atoms with Crippen LogP contribution in [0.25, 0.3) is 5.32 Å². The van der Waals surface area contributed by atoms with E-state index in [0.717, 1.165) is 15.9 Å². The van der Waals surface area contributed by atoms with Crippen LogP contribution in [0.2, 0.25) is 0 Å². The van der Waals surface area contributed by atoms with E-state index in [0.29, 0.717) is 46.5 Å². The van der Waals surface area contributed by atoms with Gasteiger partial charge < -0.3 is 100 Å². The number of ketones is 1. The first kappa shape index (κ1) is 86.2. The summed E-state index contributed by atoms with van der Waals surface area (Å²) < 4.78 is 3.61. The van der Waals surface area contributed by atoms with E-state index < -0.39 is 118 Å². The van der Waals surface area contributed by atoms with E-state index in [-0.39, 0.29) is 114 Å². The molecule has 1 aliphatic heterocycles. The number of hydrogen-bond donors (Lipinski definition) is 19. The van der Waals surface area contributed by atoms with Crippen molar-refractivity contribution in [1.82, 2.24) is 56.2 Å². The standard InChI is InChI=1S/C34H45N12O8.C27H30N3O6P.C6H12NO5.Tc/c1-19(47)15-25-32(53)45-26(16-20-7-10-22(48)11-8-20)33(54)44-24(5-2-3-13-38-29(50)21-9-12-27(46-37)40-17-21)31(52)43-23(6-4-14-39-34(35)36)30(51)41-18-28(49)42-25;31-16-13-28-25(34)19-1-7-22(8-2-19)37(23-9-3-20(4-10-23)26(35)29-14-17-32)24-11-5-21(6-12-24)27(36)30-15-18-33;8-2-6(3-9,4-10)7-1-5(11)12;/h7-12,17,23-26,48H,2-6,13-16,18H2,1H3,(H,38,50)(H,41,51)(H,42,49)(H,43,52)(H,44,54)(H,45,53)(H4,35,36,39);1-12,31-33H,13-18H2,(H,28,34)(H,29,35)(H,30,36);8-10H,1-4H2,(H,11,12);/q-1;;-1;+2/p+1/t23-,24-,25-,26+;;;/m0.../s1. The Morgan fingerprint density at radius 3 is 1.47 bits per heavy atom. The Morgan fingerprint density at radius 2 is 1.03 bits per heavy atom. The minimum absolute atomic E-state index is 0.0268. The van der Waals surface area contributed by atoms with Gasteiger partial charge >= 0.3 is 104 Å². The molecule has 21 N–H and O–H groups in total. The van der Waals surface area contributed by atoms with E-state index in [4.69, 9.17) is 47.2 Å². The van der Waals surface area contributed by atoms with Gasteiger partial charge in [0.2, 0.25) is 29.5 Å². The second-order valence-corrected chi connectivity index (χ2v) is 25.9. The monoisotopic (exact) mass is 1550 g/mol. The molecule has 0 radical (unpaired) electrons. The van der Waals surface area contributed by atoms with Crippen molar-refractivity contribution in [3.8, 4) is 5.75 Å². The molecule has 9 amide bonds. The molecule has 6 rings (SSSR count). The van der Waals surface area contributed by atoms with Gasteiger partial charge in [-0.2, -0.15) is 0 Å². The fourth-order valence-corrected chi connectivity index (χ4v) is 12.3. The van der Waals surface area contributed by atoms with Crippen LogP contribution in [0.5, 0.6) is 5.75 Å². The number of aliphatic carboxylic acids is 1. The summed E-state index contributed by atoms with van der Waals surface area (Å²) >= 11 is 1.71. The smallest absolute Gasteiger partial charge is 0.282 e. The Morgan fingerprint density at radius 1 is 0.587 bits per heavy atom. The molecule has 1 aromatic heterocycles. The number of aliphatic hydroxyl groups excluding tert-OH is 6. The number of benzene rings is 4.